The first-order chi connectivity index (χ1) is 6.31. The van der Waals surface area contributed by atoms with Crippen molar-refractivity contribution in [3.8, 4) is 0 Å². The van der Waals surface area contributed by atoms with E-state index in [2.05, 4.69) is 52.1 Å². The monoisotopic (exact) mass is 193 g/mol. The summed E-state index contributed by atoms with van der Waals surface area (Å²) < 4.78 is 0. The van der Waals surface area contributed by atoms with E-state index in [1.807, 2.05) is 0 Å². The van der Waals surface area contributed by atoms with E-state index < -0.39 is 0 Å². The quantitative estimate of drug-likeness (QED) is 0.515. The lowest BCUT2D eigenvalue weighted by molar-refractivity contribution is 0.866. The van der Waals surface area contributed by atoms with E-state index in [1.165, 1.54) is 11.2 Å². The van der Waals surface area contributed by atoms with Crippen LogP contribution < -0.4 is 10.4 Å². The Morgan fingerprint density at radius 2 is 1.69 bits per heavy atom. The van der Waals surface area contributed by atoms with Gasteiger partial charge in [0.15, 0.2) is 7.00 Å². The second kappa shape index (κ2) is 5.29. The van der Waals surface area contributed by atoms with Crippen LogP contribution in [0, 0.1) is 0 Å². The van der Waals surface area contributed by atoms with Crippen molar-refractivity contribution in [1.82, 2.24) is 0 Å². The van der Waals surface area contributed by atoms with Crippen LogP contribution in [-0.4, -0.2) is 20.1 Å². The highest BCUT2D eigenvalue weighted by Crippen LogP contribution is 2.11. The van der Waals surface area contributed by atoms with E-state index in [4.69, 9.17) is 0 Å². The van der Waals surface area contributed by atoms with Crippen molar-refractivity contribution in [2.75, 3.05) is 18.0 Å². The normalized spacial score (nSPS) is 9.77. The standard InChI is InChI=1S/C10H17BNP/c1-3-12(4-2)10-7-5-9(11-13)6-8-10/h5-8,11H,3-4,13H2,1-2H3. The molecule has 3 heteroatoms. The first-order valence-corrected chi connectivity index (χ1v) is 5.67. The molecule has 0 N–H and O–H groups in total. The predicted octanol–water partition coefficient (Wildman–Crippen LogP) is 1.38. The summed E-state index contributed by atoms with van der Waals surface area (Å²) in [6.07, 6.45) is 0. The molecule has 1 nitrogen and oxygen atoms in total. The van der Waals surface area contributed by atoms with Crippen LogP contribution in [0.15, 0.2) is 24.3 Å². The van der Waals surface area contributed by atoms with E-state index >= 15 is 0 Å². The van der Waals surface area contributed by atoms with Crippen LogP contribution in [0.25, 0.3) is 0 Å². The molecule has 0 spiro atoms. The summed E-state index contributed by atoms with van der Waals surface area (Å²) in [5, 5.41) is 0. The summed E-state index contributed by atoms with van der Waals surface area (Å²) in [7, 11) is 2.74. The Balaban J connectivity index is 2.78. The fraction of sp³-hybridized carbons (Fsp3) is 0.400. The fourth-order valence-electron chi connectivity index (χ4n) is 1.43. The molecular weight excluding hydrogens is 176 g/mol. The summed E-state index contributed by atoms with van der Waals surface area (Å²) in [4.78, 5) is 2.35. The number of hydrogen-bond acceptors (Lipinski definition) is 1. The molecule has 0 aliphatic rings. The second-order valence-electron chi connectivity index (χ2n) is 3.04. The third-order valence-electron chi connectivity index (χ3n) is 2.30. The van der Waals surface area contributed by atoms with Gasteiger partial charge < -0.3 is 4.90 Å². The van der Waals surface area contributed by atoms with Crippen LogP contribution in [0.5, 0.6) is 0 Å². The van der Waals surface area contributed by atoms with Gasteiger partial charge in [-0.15, -0.1) is 0 Å². The lowest BCUT2D eigenvalue weighted by Gasteiger charge is -2.20. The van der Waals surface area contributed by atoms with Crippen LogP contribution in [0.1, 0.15) is 13.8 Å². The van der Waals surface area contributed by atoms with Crippen molar-refractivity contribution < 1.29 is 0 Å². The van der Waals surface area contributed by atoms with E-state index in [1.54, 1.807) is 0 Å². The van der Waals surface area contributed by atoms with Gasteiger partial charge in [0, 0.05) is 18.8 Å². The van der Waals surface area contributed by atoms with Gasteiger partial charge in [-0.2, -0.15) is 9.12 Å². The number of benzene rings is 1. The highest BCUT2D eigenvalue weighted by Gasteiger charge is 2.00. The Labute approximate surface area is 83.9 Å². The van der Waals surface area contributed by atoms with Gasteiger partial charge in [-0.1, -0.05) is 17.6 Å². The summed E-state index contributed by atoms with van der Waals surface area (Å²) in [6, 6.07) is 8.79. The van der Waals surface area contributed by atoms with Crippen LogP contribution >= 0.6 is 9.12 Å². The van der Waals surface area contributed by atoms with E-state index in [0.29, 0.717) is 0 Å². The zero-order chi connectivity index (χ0) is 9.68. The molecule has 1 aromatic carbocycles. The van der Waals surface area contributed by atoms with Gasteiger partial charge >= 0.3 is 0 Å². The Kier molecular flexibility index (Phi) is 4.31. The molecule has 1 rings (SSSR count). The summed E-state index contributed by atoms with van der Waals surface area (Å²) in [6.45, 7) is 7.58. The van der Waals surface area contributed by atoms with Gasteiger partial charge in [0.2, 0.25) is 0 Å². The summed E-state index contributed by atoms with van der Waals surface area (Å²) >= 11 is 0. The minimum atomic E-state index is 1.04. The minimum Gasteiger partial charge on any atom is -0.372 e. The van der Waals surface area contributed by atoms with Gasteiger partial charge in [0.05, 0.1) is 0 Å². The van der Waals surface area contributed by atoms with E-state index in [-0.39, 0.29) is 0 Å². The van der Waals surface area contributed by atoms with E-state index in [9.17, 15) is 0 Å². The lowest BCUT2D eigenvalue weighted by Crippen LogP contribution is -2.22. The number of rotatable bonds is 4. The molecule has 0 saturated heterocycles. The smallest absolute Gasteiger partial charge is 0.180 e. The molecule has 0 amide bonds. The molecule has 0 saturated carbocycles. The average Bonchev–Trinajstić information content (AvgIpc) is 2.21. The maximum Gasteiger partial charge on any atom is 0.180 e. The van der Waals surface area contributed by atoms with Gasteiger partial charge in [-0.05, 0) is 26.0 Å². The number of anilines is 1. The van der Waals surface area contributed by atoms with Gasteiger partial charge in [0.25, 0.3) is 0 Å². The van der Waals surface area contributed by atoms with Crippen molar-refractivity contribution in [3.05, 3.63) is 24.3 Å². The van der Waals surface area contributed by atoms with Crippen LogP contribution in [0.2, 0.25) is 0 Å². The van der Waals surface area contributed by atoms with Gasteiger partial charge in [0.1, 0.15) is 0 Å². The third kappa shape index (κ3) is 2.74. The topological polar surface area (TPSA) is 3.24 Å². The molecule has 1 atom stereocenters. The zero-order valence-corrected chi connectivity index (χ0v) is 9.61. The molecule has 0 aromatic heterocycles. The fourth-order valence-corrected chi connectivity index (χ4v) is 1.70. The molecule has 13 heavy (non-hydrogen) atoms. The summed E-state index contributed by atoms with van der Waals surface area (Å²) in [5.41, 5.74) is 2.70. The number of hydrogen-bond donors (Lipinski definition) is 0. The molecule has 0 fully saturated rings. The Morgan fingerprint density at radius 3 is 2.08 bits per heavy atom. The molecule has 70 valence electrons. The Hall–Kier alpha value is -0.485. The highest BCUT2D eigenvalue weighted by atomic mass is 31.0. The molecule has 0 aliphatic heterocycles. The van der Waals surface area contributed by atoms with Crippen molar-refractivity contribution in [1.29, 1.82) is 0 Å². The first-order valence-electron chi connectivity index (χ1n) is 4.85. The largest absolute Gasteiger partial charge is 0.372 e. The Morgan fingerprint density at radius 1 is 1.15 bits per heavy atom. The third-order valence-corrected chi connectivity index (χ3v) is 2.77. The molecule has 0 aliphatic carbocycles. The van der Waals surface area contributed by atoms with Crippen LogP contribution in [0.3, 0.4) is 0 Å². The van der Waals surface area contributed by atoms with Crippen LogP contribution in [0.4, 0.5) is 5.69 Å². The van der Waals surface area contributed by atoms with Crippen molar-refractivity contribution in [2.24, 2.45) is 0 Å². The van der Waals surface area contributed by atoms with Gasteiger partial charge in [-0.3, -0.25) is 0 Å². The molecular formula is C10H17BNP. The highest BCUT2D eigenvalue weighted by molar-refractivity contribution is 7.58. The maximum atomic E-state index is 2.74. The molecule has 0 radical (unpaired) electrons. The maximum absolute atomic E-state index is 2.74. The first kappa shape index (κ1) is 10.6. The van der Waals surface area contributed by atoms with Gasteiger partial charge in [-0.25, -0.2) is 0 Å². The summed E-state index contributed by atoms with van der Waals surface area (Å²) in [5.74, 6) is 0. The molecule has 1 unspecified atom stereocenters. The minimum absolute atomic E-state index is 1.04. The predicted molar refractivity (Wildman–Crippen MR) is 66.5 cm³/mol. The van der Waals surface area contributed by atoms with Crippen molar-refractivity contribution >= 4 is 27.3 Å². The lowest BCUT2D eigenvalue weighted by atomic mass is 9.94. The average molecular weight is 193 g/mol. The van der Waals surface area contributed by atoms with Crippen molar-refractivity contribution in [3.63, 3.8) is 0 Å². The SMILES string of the molecule is CCN(CC)c1ccc(BP)cc1. The number of nitrogens with zero attached hydrogens (tertiary/aromatic N) is 1. The molecule has 1 aromatic rings. The molecule has 0 bridgehead atoms. The Bertz CT molecular complexity index is 244. The molecule has 0 heterocycles. The van der Waals surface area contributed by atoms with Crippen LogP contribution in [-0.2, 0) is 0 Å². The zero-order valence-electron chi connectivity index (χ0n) is 8.46. The van der Waals surface area contributed by atoms with Crippen molar-refractivity contribution in [2.45, 2.75) is 13.8 Å². The van der Waals surface area contributed by atoms with E-state index in [0.717, 1.165) is 20.1 Å². The second-order valence-corrected chi connectivity index (χ2v) is 3.45.